The molecular weight excluding hydrogens is 270 g/mol. The van der Waals surface area contributed by atoms with Crippen LogP contribution < -0.4 is 5.32 Å². The van der Waals surface area contributed by atoms with E-state index in [4.69, 9.17) is 16.6 Å². The highest BCUT2D eigenvalue weighted by Crippen LogP contribution is 2.40. The summed E-state index contributed by atoms with van der Waals surface area (Å²) in [7, 11) is 0. The van der Waals surface area contributed by atoms with Gasteiger partial charge in [0, 0.05) is 11.6 Å². The summed E-state index contributed by atoms with van der Waals surface area (Å²) >= 11 is 6.10. The molecule has 1 aromatic carbocycles. The van der Waals surface area contributed by atoms with Crippen LogP contribution in [0.1, 0.15) is 45.5 Å². The zero-order valence-corrected chi connectivity index (χ0v) is 13.2. The fraction of sp³-hybridized carbons (Fsp3) is 0.562. The third-order valence-corrected chi connectivity index (χ3v) is 4.68. The molecule has 0 aliphatic carbocycles. The number of fused-ring (bicyclic) bond motifs is 1. The fourth-order valence-electron chi connectivity index (χ4n) is 3.33. The van der Waals surface area contributed by atoms with Crippen molar-refractivity contribution in [1.82, 2.24) is 14.9 Å². The molecule has 3 nitrogen and oxygen atoms in total. The van der Waals surface area contributed by atoms with Crippen LogP contribution in [0.25, 0.3) is 11.0 Å². The van der Waals surface area contributed by atoms with Crippen LogP contribution in [0.4, 0.5) is 0 Å². The van der Waals surface area contributed by atoms with Crippen molar-refractivity contribution in [2.75, 3.05) is 6.54 Å². The molecule has 1 N–H and O–H groups in total. The first-order valence-corrected chi connectivity index (χ1v) is 7.80. The first-order chi connectivity index (χ1) is 9.53. The molecule has 3 rings (SSSR count). The van der Waals surface area contributed by atoms with Crippen LogP contribution in [-0.2, 0) is 6.54 Å². The maximum Gasteiger partial charge on any atom is 0.127 e. The predicted octanol–water partition coefficient (Wildman–Crippen LogP) is 4.16. The summed E-state index contributed by atoms with van der Waals surface area (Å²) in [4.78, 5) is 4.88. The second-order valence-corrected chi connectivity index (χ2v) is 6.76. The van der Waals surface area contributed by atoms with Crippen LogP contribution in [0.2, 0.25) is 5.02 Å². The zero-order chi connectivity index (χ0) is 14.3. The number of imidazole rings is 1. The minimum absolute atomic E-state index is 0.232. The van der Waals surface area contributed by atoms with E-state index in [0.717, 1.165) is 29.5 Å². The van der Waals surface area contributed by atoms with E-state index in [1.165, 1.54) is 18.4 Å². The van der Waals surface area contributed by atoms with Gasteiger partial charge in [-0.25, -0.2) is 4.98 Å². The second kappa shape index (κ2) is 5.05. The quantitative estimate of drug-likeness (QED) is 0.900. The Hall–Kier alpha value is -1.06. The Kier molecular flexibility index (Phi) is 3.51. The van der Waals surface area contributed by atoms with E-state index in [1.54, 1.807) is 0 Å². The molecule has 108 valence electrons. The maximum absolute atomic E-state index is 6.10. The highest BCUT2D eigenvalue weighted by Gasteiger charge is 2.36. The molecule has 2 heterocycles. The average molecular weight is 292 g/mol. The lowest BCUT2D eigenvalue weighted by Crippen LogP contribution is -2.41. The Morgan fingerprint density at radius 1 is 1.45 bits per heavy atom. The Morgan fingerprint density at radius 2 is 2.25 bits per heavy atom. The van der Waals surface area contributed by atoms with Crippen molar-refractivity contribution in [2.24, 2.45) is 5.41 Å². The van der Waals surface area contributed by atoms with E-state index in [2.05, 4.69) is 36.7 Å². The molecule has 1 atom stereocenters. The fourth-order valence-corrected chi connectivity index (χ4v) is 3.49. The zero-order valence-electron chi connectivity index (χ0n) is 12.4. The van der Waals surface area contributed by atoms with Crippen LogP contribution >= 0.6 is 11.6 Å². The molecule has 1 aliphatic rings. The number of halogens is 1. The summed E-state index contributed by atoms with van der Waals surface area (Å²) in [5.74, 6) is 1.15. The average Bonchev–Trinajstić information content (AvgIpc) is 2.75. The van der Waals surface area contributed by atoms with Crippen LogP contribution in [0.3, 0.4) is 0 Å². The Bertz CT molecular complexity index is 630. The molecule has 0 spiro atoms. The smallest absolute Gasteiger partial charge is 0.127 e. The minimum Gasteiger partial charge on any atom is -0.327 e. The number of hydrogen-bond acceptors (Lipinski definition) is 2. The van der Waals surface area contributed by atoms with Gasteiger partial charge in [0.15, 0.2) is 0 Å². The van der Waals surface area contributed by atoms with Gasteiger partial charge < -0.3 is 9.88 Å². The lowest BCUT2D eigenvalue weighted by atomic mass is 9.77. The van der Waals surface area contributed by atoms with Crippen molar-refractivity contribution in [1.29, 1.82) is 0 Å². The second-order valence-electron chi connectivity index (χ2n) is 6.33. The van der Waals surface area contributed by atoms with Crippen molar-refractivity contribution in [2.45, 2.75) is 46.2 Å². The monoisotopic (exact) mass is 291 g/mol. The van der Waals surface area contributed by atoms with Gasteiger partial charge in [-0.15, -0.1) is 0 Å². The number of piperidine rings is 1. The minimum atomic E-state index is 0.232. The lowest BCUT2D eigenvalue weighted by Gasteiger charge is -2.39. The molecule has 0 radical (unpaired) electrons. The maximum atomic E-state index is 6.10. The number of aromatic nitrogens is 2. The van der Waals surface area contributed by atoms with Gasteiger partial charge in [-0.05, 0) is 49.9 Å². The van der Waals surface area contributed by atoms with E-state index in [1.807, 2.05) is 12.1 Å². The summed E-state index contributed by atoms with van der Waals surface area (Å²) in [5.41, 5.74) is 2.41. The number of nitrogens with zero attached hydrogens (tertiary/aromatic N) is 2. The van der Waals surface area contributed by atoms with E-state index in [9.17, 15) is 0 Å². The molecule has 1 aromatic heterocycles. The number of benzene rings is 1. The van der Waals surface area contributed by atoms with Gasteiger partial charge in [0.2, 0.25) is 0 Å². The Balaban J connectivity index is 2.15. The molecule has 0 saturated carbocycles. The normalized spacial score (nSPS) is 22.3. The van der Waals surface area contributed by atoms with Crippen molar-refractivity contribution in [3.8, 4) is 0 Å². The van der Waals surface area contributed by atoms with Crippen molar-refractivity contribution in [3.63, 3.8) is 0 Å². The summed E-state index contributed by atoms with van der Waals surface area (Å²) in [6.07, 6.45) is 2.47. The van der Waals surface area contributed by atoms with Crippen LogP contribution in [0.5, 0.6) is 0 Å². The SMILES string of the molecule is CCn1c(C2NCCCC2(C)C)nc2cc(Cl)ccc21. The standard InChI is InChI=1S/C16H22ClN3/c1-4-20-13-7-6-11(17)10-12(13)19-15(20)14-16(2,3)8-5-9-18-14/h6-7,10,14,18H,4-5,8-9H2,1-3H3. The summed E-state index contributed by atoms with van der Waals surface area (Å²) < 4.78 is 2.32. The molecular formula is C16H22ClN3. The first kappa shape index (κ1) is 13.9. The highest BCUT2D eigenvalue weighted by molar-refractivity contribution is 6.31. The van der Waals surface area contributed by atoms with Gasteiger partial charge in [-0.2, -0.15) is 0 Å². The first-order valence-electron chi connectivity index (χ1n) is 7.42. The van der Waals surface area contributed by atoms with E-state index in [-0.39, 0.29) is 5.41 Å². The molecule has 4 heteroatoms. The number of rotatable bonds is 2. The predicted molar refractivity (Wildman–Crippen MR) is 84.2 cm³/mol. The Morgan fingerprint density at radius 3 is 2.95 bits per heavy atom. The summed E-state index contributed by atoms with van der Waals surface area (Å²) in [5, 5.41) is 4.41. The topological polar surface area (TPSA) is 29.9 Å². The van der Waals surface area contributed by atoms with Crippen molar-refractivity contribution < 1.29 is 0 Å². The highest BCUT2D eigenvalue weighted by atomic mass is 35.5. The molecule has 2 aromatic rings. The van der Waals surface area contributed by atoms with Crippen LogP contribution in [0, 0.1) is 5.41 Å². The van der Waals surface area contributed by atoms with Crippen molar-refractivity contribution in [3.05, 3.63) is 29.0 Å². The van der Waals surface area contributed by atoms with E-state index in [0.29, 0.717) is 6.04 Å². The van der Waals surface area contributed by atoms with E-state index < -0.39 is 0 Å². The van der Waals surface area contributed by atoms with Crippen LogP contribution in [-0.4, -0.2) is 16.1 Å². The molecule has 20 heavy (non-hydrogen) atoms. The molecule has 0 bridgehead atoms. The third kappa shape index (κ3) is 2.23. The largest absolute Gasteiger partial charge is 0.327 e. The Labute approximate surface area is 125 Å². The summed E-state index contributed by atoms with van der Waals surface area (Å²) in [6.45, 7) is 8.84. The lowest BCUT2D eigenvalue weighted by molar-refractivity contribution is 0.171. The van der Waals surface area contributed by atoms with Gasteiger partial charge in [-0.1, -0.05) is 25.4 Å². The van der Waals surface area contributed by atoms with Gasteiger partial charge in [0.25, 0.3) is 0 Å². The van der Waals surface area contributed by atoms with E-state index >= 15 is 0 Å². The molecule has 1 fully saturated rings. The molecule has 0 amide bonds. The number of nitrogens with one attached hydrogen (secondary N) is 1. The van der Waals surface area contributed by atoms with Gasteiger partial charge >= 0.3 is 0 Å². The number of aryl methyl sites for hydroxylation is 1. The molecule has 1 aliphatic heterocycles. The molecule has 1 saturated heterocycles. The summed E-state index contributed by atoms with van der Waals surface area (Å²) in [6, 6.07) is 6.29. The van der Waals surface area contributed by atoms with Gasteiger partial charge in [0.1, 0.15) is 5.82 Å². The van der Waals surface area contributed by atoms with Gasteiger partial charge in [0.05, 0.1) is 17.1 Å². The van der Waals surface area contributed by atoms with Crippen molar-refractivity contribution >= 4 is 22.6 Å². The van der Waals surface area contributed by atoms with Crippen LogP contribution in [0.15, 0.2) is 18.2 Å². The third-order valence-electron chi connectivity index (χ3n) is 4.44. The van der Waals surface area contributed by atoms with Gasteiger partial charge in [-0.3, -0.25) is 0 Å². The molecule has 1 unspecified atom stereocenters. The number of hydrogen-bond donors (Lipinski definition) is 1.